The Morgan fingerprint density at radius 3 is 2.90 bits per heavy atom. The van der Waals surface area contributed by atoms with Gasteiger partial charge in [0.2, 0.25) is 0 Å². The largest absolute Gasteiger partial charge is 0.270 e. The lowest BCUT2D eigenvalue weighted by molar-refractivity contribution is -0.384. The van der Waals surface area contributed by atoms with Gasteiger partial charge in [0.25, 0.3) is 5.69 Å². The van der Waals surface area contributed by atoms with Gasteiger partial charge in [-0.3, -0.25) is 10.1 Å². The van der Waals surface area contributed by atoms with Crippen molar-refractivity contribution < 1.29 is 4.92 Å². The number of fused-ring (bicyclic) bond motifs is 1. The summed E-state index contributed by atoms with van der Waals surface area (Å²) in [6.07, 6.45) is 1.56. The van der Waals surface area contributed by atoms with E-state index < -0.39 is 4.92 Å². The Balaban J connectivity index is 2.13. The number of rotatable bonds is 2. The number of aromatic nitrogens is 3. The first kappa shape index (κ1) is 11.8. The molecule has 0 radical (unpaired) electrons. The average Bonchev–Trinajstić information content (AvgIpc) is 2.90. The first-order valence-corrected chi connectivity index (χ1v) is 5.69. The van der Waals surface area contributed by atoms with Crippen molar-refractivity contribution in [2.75, 3.05) is 0 Å². The number of nitriles is 1. The Hall–Kier alpha value is -3.27. The van der Waals surface area contributed by atoms with Gasteiger partial charge in [0.1, 0.15) is 6.07 Å². The minimum atomic E-state index is -0.465. The molecule has 7 nitrogen and oxygen atoms in total. The van der Waals surface area contributed by atoms with Gasteiger partial charge in [-0.15, -0.1) is 5.10 Å². The summed E-state index contributed by atoms with van der Waals surface area (Å²) in [5, 5.41) is 23.8. The predicted octanol–water partition coefficient (Wildman–Crippen LogP) is 2.18. The van der Waals surface area contributed by atoms with Crippen molar-refractivity contribution >= 4 is 11.3 Å². The van der Waals surface area contributed by atoms with Crippen molar-refractivity contribution in [2.24, 2.45) is 0 Å². The van der Waals surface area contributed by atoms with Gasteiger partial charge in [-0.2, -0.15) is 5.26 Å². The van der Waals surface area contributed by atoms with Crippen LogP contribution in [0.3, 0.4) is 0 Å². The summed E-state index contributed by atoms with van der Waals surface area (Å²) in [6, 6.07) is 11.4. The van der Waals surface area contributed by atoms with Crippen LogP contribution in [0.15, 0.2) is 42.6 Å². The van der Waals surface area contributed by atoms with Crippen molar-refractivity contribution in [1.82, 2.24) is 14.6 Å². The summed E-state index contributed by atoms with van der Waals surface area (Å²) in [6.45, 7) is 0. The molecule has 0 unspecified atom stereocenters. The molecule has 0 aliphatic rings. The third kappa shape index (κ3) is 1.95. The highest BCUT2D eigenvalue weighted by Crippen LogP contribution is 2.21. The van der Waals surface area contributed by atoms with E-state index in [1.54, 1.807) is 30.5 Å². The minimum absolute atomic E-state index is 0.0147. The molecule has 96 valence electrons. The van der Waals surface area contributed by atoms with E-state index in [4.69, 9.17) is 5.26 Å². The van der Waals surface area contributed by atoms with E-state index >= 15 is 0 Å². The molecule has 0 bridgehead atoms. The molecule has 0 atom stereocenters. The fourth-order valence-electron chi connectivity index (χ4n) is 1.83. The Bertz CT molecular complexity index is 863. The zero-order valence-electron chi connectivity index (χ0n) is 10.1. The number of nitrogens with zero attached hydrogens (tertiary/aromatic N) is 5. The van der Waals surface area contributed by atoms with E-state index in [1.807, 2.05) is 6.07 Å². The highest BCUT2D eigenvalue weighted by Gasteiger charge is 2.11. The normalized spacial score (nSPS) is 10.3. The van der Waals surface area contributed by atoms with Crippen molar-refractivity contribution in [2.45, 2.75) is 0 Å². The topological polar surface area (TPSA) is 97.1 Å². The maximum atomic E-state index is 10.8. The third-order valence-corrected chi connectivity index (χ3v) is 2.78. The quantitative estimate of drug-likeness (QED) is 0.522. The number of nitro groups is 1. The van der Waals surface area contributed by atoms with Crippen molar-refractivity contribution in [3.63, 3.8) is 0 Å². The number of pyridine rings is 1. The molecule has 0 fully saturated rings. The van der Waals surface area contributed by atoms with E-state index in [-0.39, 0.29) is 5.69 Å². The SMILES string of the molecule is N#Cc1ccc2nc(-c3cccc([N+](=O)[O-])c3)nn2c1. The van der Waals surface area contributed by atoms with Gasteiger partial charge in [-0.1, -0.05) is 12.1 Å². The molecule has 0 aliphatic carbocycles. The van der Waals surface area contributed by atoms with E-state index in [2.05, 4.69) is 10.1 Å². The van der Waals surface area contributed by atoms with Crippen LogP contribution in [0.2, 0.25) is 0 Å². The average molecular weight is 265 g/mol. The van der Waals surface area contributed by atoms with Crippen LogP contribution in [-0.4, -0.2) is 19.5 Å². The van der Waals surface area contributed by atoms with Gasteiger partial charge in [0.15, 0.2) is 11.5 Å². The molecule has 1 aromatic carbocycles. The number of hydrogen-bond acceptors (Lipinski definition) is 5. The smallest absolute Gasteiger partial charge is 0.258 e. The summed E-state index contributed by atoms with van der Waals surface area (Å²) >= 11 is 0. The maximum Gasteiger partial charge on any atom is 0.270 e. The van der Waals surface area contributed by atoms with Gasteiger partial charge in [-0.05, 0) is 12.1 Å². The first-order valence-electron chi connectivity index (χ1n) is 5.69. The molecule has 2 heterocycles. The number of nitro benzene ring substituents is 1. The van der Waals surface area contributed by atoms with Gasteiger partial charge < -0.3 is 0 Å². The fourth-order valence-corrected chi connectivity index (χ4v) is 1.83. The summed E-state index contributed by atoms with van der Waals surface area (Å²) in [4.78, 5) is 14.6. The molecule has 0 N–H and O–H groups in total. The molecule has 0 aliphatic heterocycles. The third-order valence-electron chi connectivity index (χ3n) is 2.78. The molecule has 3 aromatic rings. The van der Waals surface area contributed by atoms with Gasteiger partial charge >= 0.3 is 0 Å². The molecular weight excluding hydrogens is 258 g/mol. The number of non-ortho nitro benzene ring substituents is 1. The van der Waals surface area contributed by atoms with Crippen LogP contribution >= 0.6 is 0 Å². The Morgan fingerprint density at radius 1 is 1.30 bits per heavy atom. The summed E-state index contributed by atoms with van der Waals surface area (Å²) < 4.78 is 1.48. The molecule has 0 amide bonds. The van der Waals surface area contributed by atoms with E-state index in [9.17, 15) is 10.1 Å². The second-order valence-electron chi connectivity index (χ2n) is 4.08. The summed E-state index contributed by atoms with van der Waals surface area (Å²) in [7, 11) is 0. The molecule has 7 heteroatoms. The van der Waals surface area contributed by atoms with Crippen molar-refractivity contribution in [3.05, 3.63) is 58.3 Å². The minimum Gasteiger partial charge on any atom is -0.258 e. The van der Waals surface area contributed by atoms with E-state index in [1.165, 1.54) is 16.6 Å². The van der Waals surface area contributed by atoms with Crippen LogP contribution < -0.4 is 0 Å². The van der Waals surface area contributed by atoms with Gasteiger partial charge in [-0.25, -0.2) is 9.50 Å². The number of benzene rings is 1. The van der Waals surface area contributed by atoms with E-state index in [0.717, 1.165) is 0 Å². The zero-order valence-corrected chi connectivity index (χ0v) is 10.1. The lowest BCUT2D eigenvalue weighted by atomic mass is 10.2. The molecule has 0 saturated heterocycles. The lowest BCUT2D eigenvalue weighted by Gasteiger charge is -1.94. The summed E-state index contributed by atoms with van der Waals surface area (Å²) in [5.74, 6) is 0.379. The maximum absolute atomic E-state index is 10.8. The van der Waals surface area contributed by atoms with Crippen LogP contribution in [0.5, 0.6) is 0 Å². The number of hydrogen-bond donors (Lipinski definition) is 0. The van der Waals surface area contributed by atoms with Crippen LogP contribution in [0.25, 0.3) is 17.0 Å². The Labute approximate surface area is 112 Å². The first-order chi connectivity index (χ1) is 9.67. The second kappa shape index (κ2) is 4.44. The van der Waals surface area contributed by atoms with Crippen LogP contribution in [0.1, 0.15) is 5.56 Å². The Morgan fingerprint density at radius 2 is 2.15 bits per heavy atom. The molecule has 0 spiro atoms. The standard InChI is InChI=1S/C13H7N5O2/c14-7-9-4-5-12-15-13(16-17(12)8-9)10-2-1-3-11(6-10)18(19)20/h1-6,8H. The molecule has 2 aromatic heterocycles. The van der Waals surface area contributed by atoms with Gasteiger partial charge in [0, 0.05) is 23.9 Å². The van der Waals surface area contributed by atoms with Crippen molar-refractivity contribution in [3.8, 4) is 17.5 Å². The lowest BCUT2D eigenvalue weighted by Crippen LogP contribution is -1.90. The predicted molar refractivity (Wildman–Crippen MR) is 69.8 cm³/mol. The molecule has 3 rings (SSSR count). The fraction of sp³-hybridized carbons (Fsp3) is 0. The molecular formula is C13H7N5O2. The Kier molecular flexibility index (Phi) is 2.62. The second-order valence-corrected chi connectivity index (χ2v) is 4.08. The summed E-state index contributed by atoms with van der Waals surface area (Å²) in [5.41, 5.74) is 1.58. The monoisotopic (exact) mass is 265 g/mol. The van der Waals surface area contributed by atoms with Gasteiger partial charge in [0.05, 0.1) is 10.5 Å². The van der Waals surface area contributed by atoms with E-state index in [0.29, 0.717) is 22.6 Å². The zero-order chi connectivity index (χ0) is 14.1. The molecule has 20 heavy (non-hydrogen) atoms. The van der Waals surface area contributed by atoms with Crippen LogP contribution in [0.4, 0.5) is 5.69 Å². The highest BCUT2D eigenvalue weighted by molar-refractivity contribution is 5.61. The van der Waals surface area contributed by atoms with Crippen LogP contribution in [0, 0.1) is 21.4 Å². The van der Waals surface area contributed by atoms with Crippen LogP contribution in [-0.2, 0) is 0 Å². The highest BCUT2D eigenvalue weighted by atomic mass is 16.6. The van der Waals surface area contributed by atoms with Crippen molar-refractivity contribution in [1.29, 1.82) is 5.26 Å². The molecule has 0 saturated carbocycles.